The molecule has 4 rings (SSSR count). The van der Waals surface area contributed by atoms with Gasteiger partial charge in [0.05, 0.1) is 29.6 Å². The highest BCUT2D eigenvalue weighted by Crippen LogP contribution is 2.40. The second kappa shape index (κ2) is 9.94. The summed E-state index contributed by atoms with van der Waals surface area (Å²) in [7, 11) is 2.83. The number of methoxy groups -OCH3 is 2. The van der Waals surface area contributed by atoms with Crippen molar-refractivity contribution < 1.29 is 41.3 Å². The number of halogens is 4. The summed E-state index contributed by atoms with van der Waals surface area (Å²) in [6.07, 6.45) is -5.05. The summed E-state index contributed by atoms with van der Waals surface area (Å²) in [6.45, 7) is 0. The summed E-state index contributed by atoms with van der Waals surface area (Å²) in [5, 5.41) is -0.198. The molecule has 0 saturated heterocycles. The highest BCUT2D eigenvalue weighted by Gasteiger charge is 2.40. The van der Waals surface area contributed by atoms with Gasteiger partial charge in [0.1, 0.15) is 17.1 Å². The first-order valence-electron chi connectivity index (χ1n) is 10.2. The van der Waals surface area contributed by atoms with E-state index in [0.29, 0.717) is 10.2 Å². The van der Waals surface area contributed by atoms with Crippen molar-refractivity contribution in [3.05, 3.63) is 86.7 Å². The lowest BCUT2D eigenvalue weighted by Gasteiger charge is -2.14. The lowest BCUT2D eigenvalue weighted by molar-refractivity contribution is -0.154. The van der Waals surface area contributed by atoms with Gasteiger partial charge in [0.2, 0.25) is 11.2 Å². The average Bonchev–Trinajstić information content (AvgIpc) is 2.85. The number of carbonyl (C=O) groups excluding carboxylic acids is 1. The minimum atomic E-state index is -5.05. The molecule has 11 heteroatoms. The lowest BCUT2D eigenvalue weighted by atomic mass is 10.2. The van der Waals surface area contributed by atoms with Gasteiger partial charge in [-0.15, -0.1) is 0 Å². The Labute approximate surface area is 210 Å². The summed E-state index contributed by atoms with van der Waals surface area (Å²) < 4.78 is 67.6. The van der Waals surface area contributed by atoms with Crippen molar-refractivity contribution >= 4 is 32.9 Å². The fourth-order valence-corrected chi connectivity index (χ4v) is 3.63. The van der Waals surface area contributed by atoms with Crippen LogP contribution < -0.4 is 24.4 Å². The van der Waals surface area contributed by atoms with Gasteiger partial charge in [-0.3, -0.25) is 4.79 Å². The van der Waals surface area contributed by atoms with Gasteiger partial charge in [-0.2, -0.15) is 13.2 Å². The van der Waals surface area contributed by atoms with Crippen LogP contribution >= 0.6 is 15.9 Å². The van der Waals surface area contributed by atoms with E-state index in [-0.39, 0.29) is 28.2 Å². The molecule has 0 bridgehead atoms. The highest BCUT2D eigenvalue weighted by atomic mass is 79.9. The van der Waals surface area contributed by atoms with Gasteiger partial charge in [-0.25, -0.2) is 4.79 Å². The third-order valence-electron chi connectivity index (χ3n) is 4.96. The molecule has 4 aromatic rings. The second-order valence-electron chi connectivity index (χ2n) is 7.24. The molecule has 0 aliphatic rings. The Morgan fingerprint density at radius 2 is 1.64 bits per heavy atom. The van der Waals surface area contributed by atoms with Crippen LogP contribution in [0.1, 0.15) is 16.1 Å². The Morgan fingerprint density at radius 1 is 0.917 bits per heavy atom. The van der Waals surface area contributed by atoms with Crippen LogP contribution in [-0.2, 0) is 6.18 Å². The summed E-state index contributed by atoms with van der Waals surface area (Å²) >= 11 is 3.17. The molecular weight excluding hydrogens is 549 g/mol. The predicted octanol–water partition coefficient (Wildman–Crippen LogP) is 6.60. The third-order valence-corrected chi connectivity index (χ3v) is 5.61. The molecule has 1 aromatic heterocycles. The second-order valence-corrected chi connectivity index (χ2v) is 8.09. The number of fused-ring (bicyclic) bond motifs is 1. The molecule has 0 unspecified atom stereocenters. The van der Waals surface area contributed by atoms with Crippen LogP contribution in [0.5, 0.6) is 28.7 Å². The van der Waals surface area contributed by atoms with Crippen molar-refractivity contribution in [2.24, 2.45) is 0 Å². The van der Waals surface area contributed by atoms with Crippen LogP contribution in [0, 0.1) is 0 Å². The molecule has 0 amide bonds. The number of ether oxygens (including phenoxy) is 4. The number of benzene rings is 3. The maximum Gasteiger partial charge on any atom is 0.453 e. The van der Waals surface area contributed by atoms with E-state index in [1.165, 1.54) is 56.7 Å². The Hall–Kier alpha value is -3.99. The molecule has 36 heavy (non-hydrogen) atoms. The minimum Gasteiger partial charge on any atom is -0.493 e. The number of hydrogen-bond acceptors (Lipinski definition) is 7. The van der Waals surface area contributed by atoms with Crippen molar-refractivity contribution in [3.8, 4) is 28.7 Å². The number of para-hydroxylation sites is 1. The summed E-state index contributed by atoms with van der Waals surface area (Å²) in [5.41, 5.74) is -1.39. The topological polar surface area (TPSA) is 84.2 Å². The number of rotatable bonds is 6. The highest BCUT2D eigenvalue weighted by molar-refractivity contribution is 9.10. The Balaban J connectivity index is 1.73. The SMILES string of the molecule is COc1ccc(C(=O)Oc2ccc3c(=O)c(Oc4ccccc4Br)c(C(F)(F)F)oc3c2)cc1OC. The van der Waals surface area contributed by atoms with E-state index in [1.54, 1.807) is 12.1 Å². The van der Waals surface area contributed by atoms with Gasteiger partial charge in [0.25, 0.3) is 5.76 Å². The van der Waals surface area contributed by atoms with Gasteiger partial charge in [0.15, 0.2) is 11.5 Å². The van der Waals surface area contributed by atoms with Gasteiger partial charge in [-0.05, 0) is 58.4 Å². The van der Waals surface area contributed by atoms with Crippen LogP contribution in [0.3, 0.4) is 0 Å². The van der Waals surface area contributed by atoms with Crippen molar-refractivity contribution in [2.45, 2.75) is 6.18 Å². The summed E-state index contributed by atoms with van der Waals surface area (Å²) in [4.78, 5) is 25.5. The first-order valence-corrected chi connectivity index (χ1v) is 11.0. The van der Waals surface area contributed by atoms with Crippen LogP contribution in [0.15, 0.2) is 74.3 Å². The normalized spacial score (nSPS) is 11.3. The number of carbonyl (C=O) groups is 1. The standard InChI is InChI=1S/C25H16BrF3O7/c1-32-18-10-7-13(11-20(18)33-2)24(31)34-14-8-9-15-19(12-14)36-23(25(27,28)29)22(21(15)30)35-17-6-4-3-5-16(17)26/h3-12H,1-2H3. The van der Waals surface area contributed by atoms with Crippen LogP contribution in [-0.4, -0.2) is 20.2 Å². The number of esters is 1. The molecule has 0 saturated carbocycles. The Morgan fingerprint density at radius 3 is 2.31 bits per heavy atom. The molecule has 0 aliphatic carbocycles. The zero-order valence-corrected chi connectivity index (χ0v) is 20.2. The van der Waals surface area contributed by atoms with Crippen molar-refractivity contribution in [3.63, 3.8) is 0 Å². The Kier molecular flexibility index (Phi) is 6.93. The molecule has 0 radical (unpaired) electrons. The predicted molar refractivity (Wildman–Crippen MR) is 126 cm³/mol. The molecule has 7 nitrogen and oxygen atoms in total. The third kappa shape index (κ3) is 5.01. The van der Waals surface area contributed by atoms with E-state index in [1.807, 2.05) is 0 Å². The molecular formula is C25H16BrF3O7. The zero-order valence-electron chi connectivity index (χ0n) is 18.6. The van der Waals surface area contributed by atoms with E-state index in [0.717, 1.165) is 6.07 Å². The van der Waals surface area contributed by atoms with Gasteiger partial charge in [0, 0.05) is 6.07 Å². The molecule has 0 aliphatic heterocycles. The van der Waals surface area contributed by atoms with Crippen molar-refractivity contribution in [2.75, 3.05) is 14.2 Å². The number of hydrogen-bond donors (Lipinski definition) is 0. The summed E-state index contributed by atoms with van der Waals surface area (Å²) in [6, 6.07) is 13.9. The maximum absolute atomic E-state index is 13.8. The average molecular weight is 565 g/mol. The van der Waals surface area contributed by atoms with E-state index in [4.69, 9.17) is 23.4 Å². The van der Waals surface area contributed by atoms with E-state index < -0.39 is 34.7 Å². The largest absolute Gasteiger partial charge is 0.493 e. The van der Waals surface area contributed by atoms with Gasteiger partial charge >= 0.3 is 12.1 Å². The van der Waals surface area contributed by atoms with Crippen molar-refractivity contribution in [1.29, 1.82) is 0 Å². The van der Waals surface area contributed by atoms with Crippen LogP contribution in [0.2, 0.25) is 0 Å². The van der Waals surface area contributed by atoms with E-state index in [9.17, 15) is 22.8 Å². The van der Waals surface area contributed by atoms with Crippen LogP contribution in [0.4, 0.5) is 13.2 Å². The molecule has 3 aromatic carbocycles. The molecule has 1 heterocycles. The monoisotopic (exact) mass is 564 g/mol. The fraction of sp³-hybridized carbons (Fsp3) is 0.120. The quantitative estimate of drug-likeness (QED) is 0.192. The Bertz CT molecular complexity index is 1510. The molecule has 0 atom stereocenters. The smallest absolute Gasteiger partial charge is 0.453 e. The molecule has 0 N–H and O–H groups in total. The van der Waals surface area contributed by atoms with Gasteiger partial charge < -0.3 is 23.4 Å². The molecule has 0 fully saturated rings. The maximum atomic E-state index is 13.8. The van der Waals surface area contributed by atoms with Crippen molar-refractivity contribution in [1.82, 2.24) is 0 Å². The van der Waals surface area contributed by atoms with E-state index >= 15 is 0 Å². The first kappa shape index (κ1) is 25.1. The van der Waals surface area contributed by atoms with Crippen LogP contribution in [0.25, 0.3) is 11.0 Å². The molecule has 0 spiro atoms. The summed E-state index contributed by atoms with van der Waals surface area (Å²) in [5.74, 6) is -2.93. The fourth-order valence-electron chi connectivity index (χ4n) is 3.27. The van der Waals surface area contributed by atoms with Gasteiger partial charge in [-0.1, -0.05) is 12.1 Å². The number of alkyl halides is 3. The van der Waals surface area contributed by atoms with E-state index in [2.05, 4.69) is 15.9 Å². The minimum absolute atomic E-state index is 0.00452. The molecule has 186 valence electrons. The zero-order chi connectivity index (χ0) is 26.0. The first-order chi connectivity index (χ1) is 17.1. The lowest BCUT2D eigenvalue weighted by Crippen LogP contribution is -2.16.